The molecule has 144 valence electrons. The average molecular weight is 392 g/mol. The van der Waals surface area contributed by atoms with Crippen LogP contribution in [0.5, 0.6) is 5.75 Å². The smallest absolute Gasteiger partial charge is 0.253 e. The summed E-state index contributed by atoms with van der Waals surface area (Å²) in [5.41, 5.74) is 0.535. The van der Waals surface area contributed by atoms with E-state index >= 15 is 0 Å². The highest BCUT2D eigenvalue weighted by Crippen LogP contribution is 2.19. The third-order valence-corrected chi connectivity index (χ3v) is 6.30. The van der Waals surface area contributed by atoms with Gasteiger partial charge in [0, 0.05) is 31.7 Å². The number of sulfonamides is 1. The lowest BCUT2D eigenvalue weighted by atomic mass is 10.2. The van der Waals surface area contributed by atoms with Gasteiger partial charge in [0.15, 0.2) is 0 Å². The lowest BCUT2D eigenvalue weighted by Gasteiger charge is -2.34. The zero-order valence-corrected chi connectivity index (χ0v) is 15.8. The fraction of sp³-hybridized carbons (Fsp3) is 0.316. The molecule has 0 radical (unpaired) electrons. The summed E-state index contributed by atoms with van der Waals surface area (Å²) in [4.78, 5) is 14.3. The highest BCUT2D eigenvalue weighted by atomic mass is 32.2. The second kappa shape index (κ2) is 8.06. The summed E-state index contributed by atoms with van der Waals surface area (Å²) in [6.45, 7) is 3.43. The van der Waals surface area contributed by atoms with Crippen LogP contribution in [0.25, 0.3) is 0 Å². The van der Waals surface area contributed by atoms with E-state index in [1.807, 2.05) is 6.92 Å². The van der Waals surface area contributed by atoms with E-state index in [0.29, 0.717) is 31.0 Å². The molecule has 6 nitrogen and oxygen atoms in total. The fourth-order valence-corrected chi connectivity index (χ4v) is 4.35. The SMILES string of the molecule is CCOc1ccc(C(=O)N2CCN(S(=O)(=O)c3ccc(F)cc3)CC2)cc1. The van der Waals surface area contributed by atoms with Gasteiger partial charge in [0.2, 0.25) is 10.0 Å². The highest BCUT2D eigenvalue weighted by Gasteiger charge is 2.30. The summed E-state index contributed by atoms with van der Waals surface area (Å²) >= 11 is 0. The van der Waals surface area contributed by atoms with Crippen molar-refractivity contribution in [1.82, 2.24) is 9.21 Å². The molecule has 0 aromatic heterocycles. The number of hydrogen-bond donors (Lipinski definition) is 0. The largest absolute Gasteiger partial charge is 0.494 e. The number of carbonyl (C=O) groups is 1. The number of nitrogens with zero attached hydrogens (tertiary/aromatic N) is 2. The summed E-state index contributed by atoms with van der Waals surface area (Å²) in [7, 11) is -3.69. The Morgan fingerprint density at radius 3 is 2.15 bits per heavy atom. The molecular formula is C19H21FN2O4S. The van der Waals surface area contributed by atoms with Gasteiger partial charge in [-0.1, -0.05) is 0 Å². The standard InChI is InChI=1S/C19H21FN2O4S/c1-2-26-17-7-3-15(4-8-17)19(23)21-11-13-22(14-12-21)27(24,25)18-9-5-16(20)6-10-18/h3-10H,2,11-14H2,1H3. The van der Waals surface area contributed by atoms with E-state index in [0.717, 1.165) is 12.1 Å². The molecule has 8 heteroatoms. The van der Waals surface area contributed by atoms with Crippen molar-refractivity contribution < 1.29 is 22.3 Å². The minimum Gasteiger partial charge on any atom is -0.494 e. The van der Waals surface area contributed by atoms with Gasteiger partial charge in [-0.25, -0.2) is 12.8 Å². The summed E-state index contributed by atoms with van der Waals surface area (Å²) in [5, 5.41) is 0. The van der Waals surface area contributed by atoms with Crippen LogP contribution in [0.1, 0.15) is 17.3 Å². The maximum absolute atomic E-state index is 13.0. The van der Waals surface area contributed by atoms with Crippen molar-refractivity contribution in [2.45, 2.75) is 11.8 Å². The molecule has 0 aliphatic carbocycles. The minimum absolute atomic E-state index is 0.0511. The molecule has 0 spiro atoms. The molecule has 3 rings (SSSR count). The highest BCUT2D eigenvalue weighted by molar-refractivity contribution is 7.89. The molecule has 27 heavy (non-hydrogen) atoms. The van der Waals surface area contributed by atoms with Gasteiger partial charge >= 0.3 is 0 Å². The topological polar surface area (TPSA) is 66.9 Å². The first-order valence-electron chi connectivity index (χ1n) is 8.69. The van der Waals surface area contributed by atoms with E-state index in [1.165, 1.54) is 16.4 Å². The van der Waals surface area contributed by atoms with Crippen LogP contribution in [0, 0.1) is 5.82 Å². The number of ether oxygens (including phenoxy) is 1. The van der Waals surface area contributed by atoms with E-state index in [9.17, 15) is 17.6 Å². The van der Waals surface area contributed by atoms with Gasteiger partial charge in [0.1, 0.15) is 11.6 Å². The van der Waals surface area contributed by atoms with Crippen LogP contribution in [-0.4, -0.2) is 56.3 Å². The molecule has 1 aliphatic heterocycles. The van der Waals surface area contributed by atoms with Crippen LogP contribution in [0.15, 0.2) is 53.4 Å². The molecule has 1 aliphatic rings. The van der Waals surface area contributed by atoms with E-state index in [4.69, 9.17) is 4.74 Å². The molecular weight excluding hydrogens is 371 g/mol. The van der Waals surface area contributed by atoms with E-state index < -0.39 is 15.8 Å². The van der Waals surface area contributed by atoms with Crippen LogP contribution >= 0.6 is 0 Å². The Bertz CT molecular complexity index is 890. The molecule has 0 bridgehead atoms. The van der Waals surface area contributed by atoms with Crippen LogP contribution < -0.4 is 4.74 Å². The Labute approximate surface area is 158 Å². The molecule has 0 atom stereocenters. The Morgan fingerprint density at radius 1 is 1.00 bits per heavy atom. The number of halogens is 1. The third-order valence-electron chi connectivity index (χ3n) is 4.39. The van der Waals surface area contributed by atoms with Crippen molar-refractivity contribution >= 4 is 15.9 Å². The number of rotatable bonds is 5. The van der Waals surface area contributed by atoms with Gasteiger partial charge < -0.3 is 9.64 Å². The van der Waals surface area contributed by atoms with Crippen molar-refractivity contribution in [2.24, 2.45) is 0 Å². The Morgan fingerprint density at radius 2 is 1.59 bits per heavy atom. The lowest BCUT2D eigenvalue weighted by molar-refractivity contribution is 0.0698. The number of carbonyl (C=O) groups excluding carboxylic acids is 1. The second-order valence-electron chi connectivity index (χ2n) is 6.11. The summed E-state index contributed by atoms with van der Waals surface area (Å²) in [5.74, 6) is 0.0702. The quantitative estimate of drug-likeness (QED) is 0.784. The summed E-state index contributed by atoms with van der Waals surface area (Å²) in [6, 6.07) is 11.6. The molecule has 2 aromatic rings. The maximum Gasteiger partial charge on any atom is 0.253 e. The third kappa shape index (κ3) is 4.28. The van der Waals surface area contributed by atoms with Crippen molar-refractivity contribution in [3.63, 3.8) is 0 Å². The molecule has 1 heterocycles. The predicted molar refractivity (Wildman–Crippen MR) is 98.7 cm³/mol. The minimum atomic E-state index is -3.69. The first kappa shape index (κ1) is 19.3. The normalized spacial score (nSPS) is 15.6. The van der Waals surface area contributed by atoms with E-state index in [-0.39, 0.29) is 23.9 Å². The lowest BCUT2D eigenvalue weighted by Crippen LogP contribution is -2.50. The van der Waals surface area contributed by atoms with Gasteiger partial charge in [-0.05, 0) is 55.5 Å². The molecule has 0 saturated carbocycles. The van der Waals surface area contributed by atoms with Gasteiger partial charge in [0.25, 0.3) is 5.91 Å². The van der Waals surface area contributed by atoms with Crippen LogP contribution in [0.4, 0.5) is 4.39 Å². The zero-order chi connectivity index (χ0) is 19.4. The Kier molecular flexibility index (Phi) is 5.76. The summed E-state index contributed by atoms with van der Waals surface area (Å²) < 4.78 is 45.0. The molecule has 0 N–H and O–H groups in total. The van der Waals surface area contributed by atoms with Crippen LogP contribution in [0.2, 0.25) is 0 Å². The first-order chi connectivity index (χ1) is 12.9. The Balaban J connectivity index is 1.64. The van der Waals surface area contributed by atoms with Gasteiger partial charge in [-0.2, -0.15) is 4.31 Å². The number of benzene rings is 2. The van der Waals surface area contributed by atoms with Crippen LogP contribution in [-0.2, 0) is 10.0 Å². The zero-order valence-electron chi connectivity index (χ0n) is 15.0. The fourth-order valence-electron chi connectivity index (χ4n) is 2.93. The number of piperazine rings is 1. The monoisotopic (exact) mass is 392 g/mol. The average Bonchev–Trinajstić information content (AvgIpc) is 2.69. The molecule has 1 saturated heterocycles. The van der Waals surface area contributed by atoms with Crippen molar-refractivity contribution in [3.05, 3.63) is 59.9 Å². The number of hydrogen-bond acceptors (Lipinski definition) is 4. The van der Waals surface area contributed by atoms with Crippen molar-refractivity contribution in [2.75, 3.05) is 32.8 Å². The van der Waals surface area contributed by atoms with E-state index in [2.05, 4.69) is 0 Å². The maximum atomic E-state index is 13.0. The second-order valence-corrected chi connectivity index (χ2v) is 8.05. The first-order valence-corrected chi connectivity index (χ1v) is 10.1. The number of amides is 1. The van der Waals surface area contributed by atoms with Crippen molar-refractivity contribution in [1.29, 1.82) is 0 Å². The van der Waals surface area contributed by atoms with Gasteiger partial charge in [0.05, 0.1) is 11.5 Å². The molecule has 2 aromatic carbocycles. The molecule has 0 unspecified atom stereocenters. The van der Waals surface area contributed by atoms with E-state index in [1.54, 1.807) is 29.2 Å². The molecule has 1 amide bonds. The van der Waals surface area contributed by atoms with Crippen LogP contribution in [0.3, 0.4) is 0 Å². The Hall–Kier alpha value is -2.45. The van der Waals surface area contributed by atoms with Gasteiger partial charge in [-0.3, -0.25) is 4.79 Å². The summed E-state index contributed by atoms with van der Waals surface area (Å²) in [6.07, 6.45) is 0. The molecule has 1 fully saturated rings. The van der Waals surface area contributed by atoms with Crippen molar-refractivity contribution in [3.8, 4) is 5.75 Å². The predicted octanol–water partition coefficient (Wildman–Crippen LogP) is 2.37. The van der Waals surface area contributed by atoms with Gasteiger partial charge in [-0.15, -0.1) is 0 Å².